The largest absolute Gasteiger partial charge is 0.287 e. The zero-order valence-electron chi connectivity index (χ0n) is 14.7. The van der Waals surface area contributed by atoms with Gasteiger partial charge in [0.15, 0.2) is 5.16 Å². The Morgan fingerprint density at radius 1 is 1.11 bits per heavy atom. The van der Waals surface area contributed by atoms with E-state index in [9.17, 15) is 4.79 Å². The van der Waals surface area contributed by atoms with Crippen LogP contribution < -0.4 is 5.56 Å². The molecule has 0 unspecified atom stereocenters. The van der Waals surface area contributed by atoms with Gasteiger partial charge in [-0.3, -0.25) is 9.36 Å². The van der Waals surface area contributed by atoms with Crippen molar-refractivity contribution in [1.82, 2.24) is 19.3 Å². The molecule has 0 atom stereocenters. The van der Waals surface area contributed by atoms with E-state index >= 15 is 0 Å². The summed E-state index contributed by atoms with van der Waals surface area (Å²) in [4.78, 5) is 17.5. The molecule has 0 aliphatic carbocycles. The average Bonchev–Trinajstić information content (AvgIpc) is 3.17. The van der Waals surface area contributed by atoms with Crippen molar-refractivity contribution in [3.63, 3.8) is 0 Å². The first-order valence-electron chi connectivity index (χ1n) is 8.58. The summed E-state index contributed by atoms with van der Waals surface area (Å²) in [6, 6.07) is 17.6. The standard InChI is InChI=1S/C20H17BrN4OS/c1-2-24-19(26)17-12-14(21)8-9-18(17)22-20(24)27-13-15-10-11-25(23-15)16-6-4-3-5-7-16/h3-12H,2,13H2,1H3. The van der Waals surface area contributed by atoms with Crippen LogP contribution in [0.15, 0.2) is 75.2 Å². The molecule has 7 heteroatoms. The zero-order chi connectivity index (χ0) is 18.8. The molecule has 0 radical (unpaired) electrons. The highest BCUT2D eigenvalue weighted by Crippen LogP contribution is 2.23. The second kappa shape index (κ2) is 7.70. The number of nitrogens with zero attached hydrogens (tertiary/aromatic N) is 4. The van der Waals surface area contributed by atoms with Crippen molar-refractivity contribution >= 4 is 38.6 Å². The SMILES string of the molecule is CCn1c(SCc2ccn(-c3ccccc3)n2)nc2ccc(Br)cc2c1=O. The van der Waals surface area contributed by atoms with Crippen LogP contribution in [0.3, 0.4) is 0 Å². The van der Waals surface area contributed by atoms with Gasteiger partial charge in [-0.15, -0.1) is 0 Å². The monoisotopic (exact) mass is 440 g/mol. The molecule has 0 saturated carbocycles. The van der Waals surface area contributed by atoms with Crippen LogP contribution in [0.1, 0.15) is 12.6 Å². The lowest BCUT2D eigenvalue weighted by molar-refractivity contribution is 0.634. The van der Waals surface area contributed by atoms with E-state index in [1.165, 1.54) is 11.8 Å². The van der Waals surface area contributed by atoms with Crippen molar-refractivity contribution in [2.45, 2.75) is 24.4 Å². The van der Waals surface area contributed by atoms with Crippen molar-refractivity contribution in [1.29, 1.82) is 0 Å². The molecule has 0 saturated heterocycles. The van der Waals surface area contributed by atoms with Crippen LogP contribution in [0.5, 0.6) is 0 Å². The predicted molar refractivity (Wildman–Crippen MR) is 113 cm³/mol. The number of rotatable bonds is 5. The Bertz CT molecular complexity index is 1150. The van der Waals surface area contributed by atoms with E-state index in [0.717, 1.165) is 15.9 Å². The molecular weight excluding hydrogens is 424 g/mol. The lowest BCUT2D eigenvalue weighted by Gasteiger charge is -2.10. The third-order valence-electron chi connectivity index (χ3n) is 4.21. The van der Waals surface area contributed by atoms with E-state index in [1.54, 1.807) is 4.57 Å². The number of hydrogen-bond acceptors (Lipinski definition) is 4. The number of fused-ring (bicyclic) bond motifs is 1. The van der Waals surface area contributed by atoms with Crippen LogP contribution in [0.2, 0.25) is 0 Å². The van der Waals surface area contributed by atoms with Crippen molar-refractivity contribution in [2.75, 3.05) is 0 Å². The first-order valence-corrected chi connectivity index (χ1v) is 10.4. The molecule has 0 N–H and O–H groups in total. The van der Waals surface area contributed by atoms with Gasteiger partial charge in [-0.05, 0) is 43.3 Å². The zero-order valence-corrected chi connectivity index (χ0v) is 17.1. The fourth-order valence-electron chi connectivity index (χ4n) is 2.86. The van der Waals surface area contributed by atoms with Gasteiger partial charge in [0, 0.05) is 23.0 Å². The number of hydrogen-bond donors (Lipinski definition) is 0. The summed E-state index contributed by atoms with van der Waals surface area (Å²) in [5.41, 5.74) is 2.66. The summed E-state index contributed by atoms with van der Waals surface area (Å²) in [6.45, 7) is 2.54. The summed E-state index contributed by atoms with van der Waals surface area (Å²) >= 11 is 4.95. The van der Waals surface area contributed by atoms with Gasteiger partial charge in [0.05, 0.1) is 22.3 Å². The minimum Gasteiger partial charge on any atom is -0.287 e. The average molecular weight is 441 g/mol. The van der Waals surface area contributed by atoms with E-state index in [2.05, 4.69) is 21.0 Å². The first kappa shape index (κ1) is 18.0. The predicted octanol–water partition coefficient (Wildman–Crippen LogP) is 4.66. The highest BCUT2D eigenvalue weighted by atomic mass is 79.9. The second-order valence-corrected chi connectivity index (χ2v) is 7.84. The lowest BCUT2D eigenvalue weighted by Crippen LogP contribution is -2.22. The molecule has 2 aromatic carbocycles. The quantitative estimate of drug-likeness (QED) is 0.334. The maximum Gasteiger partial charge on any atom is 0.262 e. The number of thioether (sulfide) groups is 1. The van der Waals surface area contributed by atoms with Crippen molar-refractivity contribution in [3.05, 3.63) is 81.3 Å². The molecule has 0 bridgehead atoms. The molecule has 0 aliphatic rings. The molecule has 0 aliphatic heterocycles. The van der Waals surface area contributed by atoms with E-state index < -0.39 is 0 Å². The summed E-state index contributed by atoms with van der Waals surface area (Å²) in [5, 5.41) is 5.96. The van der Waals surface area contributed by atoms with Gasteiger partial charge in [0.2, 0.25) is 0 Å². The van der Waals surface area contributed by atoms with Crippen LogP contribution in [-0.2, 0) is 12.3 Å². The third kappa shape index (κ3) is 3.70. The Kier molecular flexibility index (Phi) is 5.13. The lowest BCUT2D eigenvalue weighted by atomic mass is 10.2. The Morgan fingerprint density at radius 3 is 2.70 bits per heavy atom. The van der Waals surface area contributed by atoms with E-state index in [0.29, 0.717) is 28.4 Å². The number of para-hydroxylation sites is 1. The molecule has 0 spiro atoms. The fraction of sp³-hybridized carbons (Fsp3) is 0.150. The van der Waals surface area contributed by atoms with Crippen LogP contribution >= 0.6 is 27.7 Å². The van der Waals surface area contributed by atoms with Crippen molar-refractivity contribution in [3.8, 4) is 5.69 Å². The molecule has 27 heavy (non-hydrogen) atoms. The Balaban J connectivity index is 1.62. The number of halogens is 1. The van der Waals surface area contributed by atoms with Crippen molar-refractivity contribution < 1.29 is 0 Å². The Morgan fingerprint density at radius 2 is 1.93 bits per heavy atom. The maximum absolute atomic E-state index is 12.8. The van der Waals surface area contributed by atoms with Gasteiger partial charge in [0.1, 0.15) is 0 Å². The van der Waals surface area contributed by atoms with E-state index in [4.69, 9.17) is 4.98 Å². The Hall–Kier alpha value is -2.38. The highest BCUT2D eigenvalue weighted by molar-refractivity contribution is 9.10. The number of aromatic nitrogens is 4. The minimum absolute atomic E-state index is 0.0129. The highest BCUT2D eigenvalue weighted by Gasteiger charge is 2.12. The van der Waals surface area contributed by atoms with Gasteiger partial charge in [-0.2, -0.15) is 5.10 Å². The molecular formula is C20H17BrN4OS. The summed E-state index contributed by atoms with van der Waals surface area (Å²) in [5.74, 6) is 0.647. The van der Waals surface area contributed by atoms with Gasteiger partial charge < -0.3 is 0 Å². The molecule has 2 aromatic heterocycles. The third-order valence-corrected chi connectivity index (χ3v) is 5.71. The fourth-order valence-corrected chi connectivity index (χ4v) is 4.19. The second-order valence-electron chi connectivity index (χ2n) is 5.98. The maximum atomic E-state index is 12.8. The summed E-state index contributed by atoms with van der Waals surface area (Å²) in [7, 11) is 0. The van der Waals surface area contributed by atoms with Crippen molar-refractivity contribution in [2.24, 2.45) is 0 Å². The van der Waals surface area contributed by atoms with Gasteiger partial charge >= 0.3 is 0 Å². The molecule has 0 amide bonds. The van der Waals surface area contributed by atoms with Crippen LogP contribution in [-0.4, -0.2) is 19.3 Å². The van der Waals surface area contributed by atoms with E-state index in [-0.39, 0.29) is 5.56 Å². The molecule has 4 aromatic rings. The van der Waals surface area contributed by atoms with Crippen LogP contribution in [0.25, 0.3) is 16.6 Å². The van der Waals surface area contributed by atoms with Gasteiger partial charge in [-0.1, -0.05) is 45.9 Å². The first-order chi connectivity index (χ1) is 13.2. The minimum atomic E-state index is -0.0129. The number of benzene rings is 2. The normalized spacial score (nSPS) is 11.2. The summed E-state index contributed by atoms with van der Waals surface area (Å²) in [6.07, 6.45) is 1.95. The van der Waals surface area contributed by atoms with Gasteiger partial charge in [0.25, 0.3) is 5.56 Å². The molecule has 2 heterocycles. The molecule has 5 nitrogen and oxygen atoms in total. The van der Waals surface area contributed by atoms with Crippen LogP contribution in [0, 0.1) is 0 Å². The smallest absolute Gasteiger partial charge is 0.262 e. The van der Waals surface area contributed by atoms with Crippen LogP contribution in [0.4, 0.5) is 0 Å². The van der Waals surface area contributed by atoms with Gasteiger partial charge in [-0.25, -0.2) is 9.67 Å². The molecule has 0 fully saturated rings. The van der Waals surface area contributed by atoms with E-state index in [1.807, 2.05) is 72.4 Å². The Labute approximate surface area is 169 Å². The summed E-state index contributed by atoms with van der Waals surface area (Å²) < 4.78 is 4.45. The molecule has 136 valence electrons. The molecule has 4 rings (SSSR count). The topological polar surface area (TPSA) is 52.7 Å².